The zero-order chi connectivity index (χ0) is 13.6. The second-order valence-corrected chi connectivity index (χ2v) is 5.70. The minimum absolute atomic E-state index is 0.522. The summed E-state index contributed by atoms with van der Waals surface area (Å²) < 4.78 is 1.73. The Morgan fingerprint density at radius 1 is 1.28 bits per heavy atom. The van der Waals surface area contributed by atoms with Crippen LogP contribution in [0.3, 0.4) is 0 Å². The van der Waals surface area contributed by atoms with E-state index in [0.717, 1.165) is 11.2 Å². The van der Waals surface area contributed by atoms with Crippen molar-refractivity contribution in [3.63, 3.8) is 0 Å². The molecule has 0 aliphatic carbocycles. The molecule has 0 atom stereocenters. The molecule has 0 aromatic carbocycles. The maximum Gasteiger partial charge on any atom is 0.243 e. The van der Waals surface area contributed by atoms with Crippen LogP contribution >= 0.6 is 0 Å². The van der Waals surface area contributed by atoms with Gasteiger partial charge in [0.1, 0.15) is 0 Å². The molecule has 0 aliphatic heterocycles. The van der Waals surface area contributed by atoms with Crippen LogP contribution in [-0.4, -0.2) is 30.8 Å². The number of hydrogen-bond acceptors (Lipinski definition) is 4. The summed E-state index contributed by atoms with van der Waals surface area (Å²) in [6.45, 7) is 9.37. The molecule has 0 bridgehead atoms. The Bertz CT molecular complexity index is 566. The lowest BCUT2D eigenvalue weighted by molar-refractivity contribution is 0.0237. The van der Waals surface area contributed by atoms with Crippen LogP contribution in [0.1, 0.15) is 33.3 Å². The number of hydrogen-bond donors (Lipinski definition) is 2. The summed E-state index contributed by atoms with van der Waals surface area (Å²) in [5.74, 6) is 0.524. The van der Waals surface area contributed by atoms with Crippen LogP contribution in [0, 0.1) is 6.92 Å². The van der Waals surface area contributed by atoms with Gasteiger partial charge in [0.15, 0.2) is 5.65 Å². The van der Waals surface area contributed by atoms with E-state index in [4.69, 9.17) is 0 Å². The fourth-order valence-electron chi connectivity index (χ4n) is 1.52. The second-order valence-electron chi connectivity index (χ2n) is 5.70. The van der Waals surface area contributed by atoms with E-state index in [1.807, 2.05) is 39.1 Å². The molecule has 2 aromatic rings. The van der Waals surface area contributed by atoms with Crippen molar-refractivity contribution in [2.24, 2.45) is 0 Å². The lowest BCUT2D eigenvalue weighted by Gasteiger charge is -2.37. The lowest BCUT2D eigenvalue weighted by Crippen LogP contribution is -2.51. The fraction of sp³-hybridized carbons (Fsp3) is 0.538. The zero-order valence-electron chi connectivity index (χ0n) is 11.5. The van der Waals surface area contributed by atoms with Crippen molar-refractivity contribution in [2.45, 2.75) is 45.8 Å². The Morgan fingerprint density at radius 2 is 1.94 bits per heavy atom. The zero-order valence-corrected chi connectivity index (χ0v) is 11.5. The third-order valence-corrected chi connectivity index (χ3v) is 3.51. The quantitative estimate of drug-likeness (QED) is 0.872. The average molecular weight is 248 g/mol. The Hall–Kier alpha value is -1.62. The number of aromatic nitrogens is 3. The SMILES string of the molecule is Cc1cccn2nc(NC(C)(C)C(C)(C)O)nc12. The van der Waals surface area contributed by atoms with Gasteiger partial charge in [0, 0.05) is 6.20 Å². The molecule has 98 valence electrons. The van der Waals surface area contributed by atoms with Crippen LogP contribution in [0.5, 0.6) is 0 Å². The van der Waals surface area contributed by atoms with Crippen LogP contribution in [0.25, 0.3) is 5.65 Å². The maximum absolute atomic E-state index is 10.1. The molecule has 0 radical (unpaired) electrons. The van der Waals surface area contributed by atoms with E-state index in [0.29, 0.717) is 5.95 Å². The normalized spacial score (nSPS) is 13.0. The van der Waals surface area contributed by atoms with Crippen molar-refractivity contribution in [2.75, 3.05) is 5.32 Å². The van der Waals surface area contributed by atoms with Crippen molar-refractivity contribution < 1.29 is 5.11 Å². The highest BCUT2D eigenvalue weighted by Crippen LogP contribution is 2.24. The first-order chi connectivity index (χ1) is 8.21. The fourth-order valence-corrected chi connectivity index (χ4v) is 1.52. The van der Waals surface area contributed by atoms with Crippen molar-refractivity contribution in [3.8, 4) is 0 Å². The number of aryl methyl sites for hydroxylation is 1. The molecule has 2 heterocycles. The third kappa shape index (κ3) is 2.18. The van der Waals surface area contributed by atoms with E-state index in [1.54, 1.807) is 18.4 Å². The number of nitrogens with zero attached hydrogens (tertiary/aromatic N) is 3. The van der Waals surface area contributed by atoms with Crippen molar-refractivity contribution in [1.82, 2.24) is 14.6 Å². The summed E-state index contributed by atoms with van der Waals surface area (Å²) in [5.41, 5.74) is 0.497. The molecule has 5 nitrogen and oxygen atoms in total. The van der Waals surface area contributed by atoms with Gasteiger partial charge in [0.2, 0.25) is 5.95 Å². The predicted octanol–water partition coefficient (Wildman–Crippen LogP) is 2.00. The van der Waals surface area contributed by atoms with Crippen molar-refractivity contribution in [1.29, 1.82) is 0 Å². The van der Waals surface area contributed by atoms with Gasteiger partial charge in [0.25, 0.3) is 0 Å². The molecule has 18 heavy (non-hydrogen) atoms. The molecule has 2 rings (SSSR count). The summed E-state index contributed by atoms with van der Waals surface area (Å²) in [4.78, 5) is 4.44. The molecule has 2 aromatic heterocycles. The first-order valence-corrected chi connectivity index (χ1v) is 6.03. The Morgan fingerprint density at radius 3 is 2.50 bits per heavy atom. The summed E-state index contributed by atoms with van der Waals surface area (Å²) in [7, 11) is 0. The molecule has 0 saturated carbocycles. The van der Waals surface area contributed by atoms with Crippen molar-refractivity contribution >= 4 is 11.6 Å². The van der Waals surface area contributed by atoms with Gasteiger partial charge in [-0.15, -0.1) is 5.10 Å². The largest absolute Gasteiger partial charge is 0.388 e. The highest BCUT2D eigenvalue weighted by molar-refractivity contribution is 5.50. The molecule has 5 heteroatoms. The molecular weight excluding hydrogens is 228 g/mol. The van der Waals surface area contributed by atoms with Crippen LogP contribution in [0.2, 0.25) is 0 Å². The molecule has 0 fully saturated rings. The molecule has 0 aliphatic rings. The molecule has 2 N–H and O–H groups in total. The standard InChI is InChI=1S/C13H20N4O/c1-9-7-6-8-17-10(9)14-11(16-17)15-12(2,3)13(4,5)18/h6-8,18H,1-5H3,(H,15,16). The first kappa shape index (κ1) is 12.8. The predicted molar refractivity (Wildman–Crippen MR) is 71.7 cm³/mol. The van der Waals surface area contributed by atoms with Gasteiger partial charge in [-0.05, 0) is 46.2 Å². The summed E-state index contributed by atoms with van der Waals surface area (Å²) in [6, 6.07) is 3.93. The number of fused-ring (bicyclic) bond motifs is 1. The molecule has 0 unspecified atom stereocenters. The maximum atomic E-state index is 10.1. The highest BCUT2D eigenvalue weighted by Gasteiger charge is 2.35. The molecule has 0 spiro atoms. The summed E-state index contributed by atoms with van der Waals surface area (Å²) in [6.07, 6.45) is 1.86. The first-order valence-electron chi connectivity index (χ1n) is 6.03. The number of nitrogens with one attached hydrogen (secondary N) is 1. The van der Waals surface area contributed by atoms with E-state index >= 15 is 0 Å². The third-order valence-electron chi connectivity index (χ3n) is 3.51. The second kappa shape index (κ2) is 3.95. The molecule has 0 amide bonds. The van der Waals surface area contributed by atoms with Crippen LogP contribution in [-0.2, 0) is 0 Å². The van der Waals surface area contributed by atoms with E-state index in [2.05, 4.69) is 15.4 Å². The summed E-state index contributed by atoms with van der Waals surface area (Å²) in [5, 5.41) is 17.6. The van der Waals surface area contributed by atoms with Gasteiger partial charge in [-0.2, -0.15) is 4.98 Å². The molecule has 0 saturated heterocycles. The lowest BCUT2D eigenvalue weighted by atomic mass is 9.86. The number of pyridine rings is 1. The number of anilines is 1. The van der Waals surface area contributed by atoms with Gasteiger partial charge in [-0.25, -0.2) is 4.52 Å². The van der Waals surface area contributed by atoms with E-state index in [-0.39, 0.29) is 0 Å². The minimum Gasteiger partial charge on any atom is -0.388 e. The topological polar surface area (TPSA) is 62.5 Å². The summed E-state index contributed by atoms with van der Waals surface area (Å²) >= 11 is 0. The average Bonchev–Trinajstić information content (AvgIpc) is 2.59. The minimum atomic E-state index is -0.875. The van der Waals surface area contributed by atoms with E-state index in [9.17, 15) is 5.11 Å². The van der Waals surface area contributed by atoms with E-state index < -0.39 is 11.1 Å². The number of aliphatic hydroxyl groups is 1. The van der Waals surface area contributed by atoms with Gasteiger partial charge in [-0.1, -0.05) is 6.07 Å². The molecular formula is C13H20N4O. The Kier molecular flexibility index (Phi) is 2.81. The van der Waals surface area contributed by atoms with Gasteiger partial charge < -0.3 is 10.4 Å². The monoisotopic (exact) mass is 248 g/mol. The van der Waals surface area contributed by atoms with Gasteiger partial charge >= 0.3 is 0 Å². The van der Waals surface area contributed by atoms with Crippen molar-refractivity contribution in [3.05, 3.63) is 23.9 Å². The van der Waals surface area contributed by atoms with E-state index in [1.165, 1.54) is 0 Å². The van der Waals surface area contributed by atoms with Crippen LogP contribution in [0.15, 0.2) is 18.3 Å². The Labute approximate surface area is 107 Å². The van der Waals surface area contributed by atoms with Crippen LogP contribution in [0.4, 0.5) is 5.95 Å². The van der Waals surface area contributed by atoms with Gasteiger partial charge in [-0.3, -0.25) is 0 Å². The van der Waals surface area contributed by atoms with Crippen LogP contribution < -0.4 is 5.32 Å². The van der Waals surface area contributed by atoms with Gasteiger partial charge in [0.05, 0.1) is 11.1 Å². The smallest absolute Gasteiger partial charge is 0.243 e. The Balaban J connectivity index is 2.36. The highest BCUT2D eigenvalue weighted by atomic mass is 16.3. The number of rotatable bonds is 3.